The Hall–Kier alpha value is -1.36. The molecule has 3 N–H and O–H groups in total. The summed E-state index contributed by atoms with van der Waals surface area (Å²) in [5, 5.41) is 3.32. The highest BCUT2D eigenvalue weighted by Crippen LogP contribution is 2.13. The Morgan fingerprint density at radius 3 is 2.83 bits per heavy atom. The van der Waals surface area contributed by atoms with Gasteiger partial charge in [-0.05, 0) is 25.3 Å². The molecule has 0 saturated carbocycles. The molecule has 0 spiro atoms. The number of rotatable bonds is 8. The molecule has 0 fully saturated rings. The lowest BCUT2D eigenvalue weighted by atomic mass is 10.1. The number of anilines is 2. The van der Waals surface area contributed by atoms with Crippen LogP contribution in [0, 0.1) is 5.92 Å². The minimum atomic E-state index is 0.700. The SMILES string of the molecule is CC(C)CCNc1cc(N(C)CCCN)ncn1. The van der Waals surface area contributed by atoms with Crippen molar-refractivity contribution in [3.8, 4) is 0 Å². The molecule has 5 nitrogen and oxygen atoms in total. The summed E-state index contributed by atoms with van der Waals surface area (Å²) in [6.07, 6.45) is 3.71. The fraction of sp³-hybridized carbons (Fsp3) is 0.692. The molecule has 0 unspecified atom stereocenters. The van der Waals surface area contributed by atoms with Crippen molar-refractivity contribution >= 4 is 11.6 Å². The first-order valence-corrected chi connectivity index (χ1v) is 6.60. The zero-order valence-electron chi connectivity index (χ0n) is 11.7. The maximum Gasteiger partial charge on any atom is 0.133 e. The number of nitrogens with two attached hydrogens (primary N) is 1. The maximum absolute atomic E-state index is 5.51. The van der Waals surface area contributed by atoms with Gasteiger partial charge >= 0.3 is 0 Å². The van der Waals surface area contributed by atoms with E-state index in [9.17, 15) is 0 Å². The topological polar surface area (TPSA) is 67.1 Å². The van der Waals surface area contributed by atoms with Crippen LogP contribution in [0.5, 0.6) is 0 Å². The van der Waals surface area contributed by atoms with Gasteiger partial charge < -0.3 is 16.0 Å². The van der Waals surface area contributed by atoms with Gasteiger partial charge in [-0.2, -0.15) is 0 Å². The summed E-state index contributed by atoms with van der Waals surface area (Å²) in [6, 6.07) is 1.98. The van der Waals surface area contributed by atoms with E-state index in [-0.39, 0.29) is 0 Å². The molecule has 5 heteroatoms. The Morgan fingerprint density at radius 1 is 1.39 bits per heavy atom. The summed E-state index contributed by atoms with van der Waals surface area (Å²) in [5.41, 5.74) is 5.51. The second kappa shape index (κ2) is 7.87. The molecular weight excluding hydrogens is 226 g/mol. The molecule has 1 aromatic rings. The number of hydrogen-bond acceptors (Lipinski definition) is 5. The van der Waals surface area contributed by atoms with Crippen molar-refractivity contribution in [3.05, 3.63) is 12.4 Å². The number of hydrogen-bond donors (Lipinski definition) is 2. The molecule has 0 aliphatic heterocycles. The molecule has 0 radical (unpaired) electrons. The van der Waals surface area contributed by atoms with Crippen molar-refractivity contribution in [2.75, 3.05) is 36.9 Å². The van der Waals surface area contributed by atoms with Gasteiger partial charge in [0.2, 0.25) is 0 Å². The van der Waals surface area contributed by atoms with Gasteiger partial charge in [0.1, 0.15) is 18.0 Å². The van der Waals surface area contributed by atoms with Gasteiger partial charge in [0, 0.05) is 26.2 Å². The van der Waals surface area contributed by atoms with Gasteiger partial charge in [0.15, 0.2) is 0 Å². The molecule has 18 heavy (non-hydrogen) atoms. The quantitative estimate of drug-likeness (QED) is 0.736. The van der Waals surface area contributed by atoms with E-state index < -0.39 is 0 Å². The van der Waals surface area contributed by atoms with Gasteiger partial charge in [0.25, 0.3) is 0 Å². The van der Waals surface area contributed by atoms with Crippen LogP contribution >= 0.6 is 0 Å². The minimum Gasteiger partial charge on any atom is -0.370 e. The first kappa shape index (κ1) is 14.7. The molecule has 102 valence electrons. The molecule has 1 rings (SSSR count). The summed E-state index contributed by atoms with van der Waals surface area (Å²) >= 11 is 0. The number of nitrogens with zero attached hydrogens (tertiary/aromatic N) is 3. The van der Waals surface area contributed by atoms with Crippen molar-refractivity contribution in [2.24, 2.45) is 11.7 Å². The van der Waals surface area contributed by atoms with Gasteiger partial charge in [-0.25, -0.2) is 9.97 Å². The molecule has 0 aromatic carbocycles. The molecule has 0 saturated heterocycles. The smallest absolute Gasteiger partial charge is 0.133 e. The van der Waals surface area contributed by atoms with Crippen molar-refractivity contribution in [2.45, 2.75) is 26.7 Å². The van der Waals surface area contributed by atoms with Crippen molar-refractivity contribution in [3.63, 3.8) is 0 Å². The van der Waals surface area contributed by atoms with E-state index in [2.05, 4.69) is 34.0 Å². The largest absolute Gasteiger partial charge is 0.370 e. The van der Waals surface area contributed by atoms with Gasteiger partial charge in [-0.3, -0.25) is 0 Å². The zero-order valence-corrected chi connectivity index (χ0v) is 11.7. The van der Waals surface area contributed by atoms with Crippen LogP contribution in [-0.4, -0.2) is 36.6 Å². The fourth-order valence-electron chi connectivity index (χ4n) is 1.58. The van der Waals surface area contributed by atoms with Crippen LogP contribution in [0.4, 0.5) is 11.6 Å². The van der Waals surface area contributed by atoms with Crippen LogP contribution < -0.4 is 16.0 Å². The van der Waals surface area contributed by atoms with Gasteiger partial charge in [-0.15, -0.1) is 0 Å². The van der Waals surface area contributed by atoms with Crippen LogP contribution in [0.15, 0.2) is 12.4 Å². The fourth-order valence-corrected chi connectivity index (χ4v) is 1.58. The highest BCUT2D eigenvalue weighted by atomic mass is 15.2. The second-order valence-corrected chi connectivity index (χ2v) is 4.93. The average molecular weight is 251 g/mol. The normalized spacial score (nSPS) is 10.7. The van der Waals surface area contributed by atoms with E-state index in [4.69, 9.17) is 5.73 Å². The lowest BCUT2D eigenvalue weighted by molar-refractivity contribution is 0.606. The van der Waals surface area contributed by atoms with Crippen molar-refractivity contribution in [1.29, 1.82) is 0 Å². The summed E-state index contributed by atoms with van der Waals surface area (Å²) < 4.78 is 0. The Kier molecular flexibility index (Phi) is 6.43. The molecule has 0 bridgehead atoms. The highest BCUT2D eigenvalue weighted by molar-refractivity contribution is 5.47. The van der Waals surface area contributed by atoms with E-state index in [1.165, 1.54) is 0 Å². The Morgan fingerprint density at radius 2 is 2.17 bits per heavy atom. The molecule has 0 atom stereocenters. The second-order valence-electron chi connectivity index (χ2n) is 4.93. The minimum absolute atomic E-state index is 0.700. The Balaban J connectivity index is 2.50. The van der Waals surface area contributed by atoms with Crippen molar-refractivity contribution in [1.82, 2.24) is 9.97 Å². The van der Waals surface area contributed by atoms with E-state index in [0.717, 1.165) is 37.6 Å². The standard InChI is InChI=1S/C13H25N5/c1-11(2)5-7-15-12-9-13(17-10-16-12)18(3)8-4-6-14/h9-11H,4-8,14H2,1-3H3,(H,15,16,17). The van der Waals surface area contributed by atoms with E-state index >= 15 is 0 Å². The summed E-state index contributed by atoms with van der Waals surface area (Å²) in [7, 11) is 2.02. The molecule has 0 aliphatic rings. The highest BCUT2D eigenvalue weighted by Gasteiger charge is 2.04. The monoisotopic (exact) mass is 251 g/mol. The third-order valence-corrected chi connectivity index (χ3v) is 2.77. The van der Waals surface area contributed by atoms with Gasteiger partial charge in [0.05, 0.1) is 0 Å². The molecule has 1 aromatic heterocycles. The van der Waals surface area contributed by atoms with Crippen LogP contribution in [0.3, 0.4) is 0 Å². The third-order valence-electron chi connectivity index (χ3n) is 2.77. The predicted molar refractivity (Wildman–Crippen MR) is 76.9 cm³/mol. The molecular formula is C13H25N5. The summed E-state index contributed by atoms with van der Waals surface area (Å²) in [5.74, 6) is 2.52. The van der Waals surface area contributed by atoms with Crippen LogP contribution in [0.25, 0.3) is 0 Å². The Labute approximate surface area is 110 Å². The number of nitrogens with one attached hydrogen (secondary N) is 1. The van der Waals surface area contributed by atoms with E-state index in [1.807, 2.05) is 13.1 Å². The molecule has 0 amide bonds. The number of aromatic nitrogens is 2. The average Bonchev–Trinajstić information content (AvgIpc) is 2.36. The first-order chi connectivity index (χ1) is 8.63. The van der Waals surface area contributed by atoms with E-state index in [0.29, 0.717) is 12.5 Å². The first-order valence-electron chi connectivity index (χ1n) is 6.60. The van der Waals surface area contributed by atoms with Gasteiger partial charge in [-0.1, -0.05) is 13.8 Å². The summed E-state index contributed by atoms with van der Waals surface area (Å²) in [4.78, 5) is 10.6. The van der Waals surface area contributed by atoms with E-state index in [1.54, 1.807) is 6.33 Å². The lowest BCUT2D eigenvalue weighted by Gasteiger charge is -2.18. The Bertz CT molecular complexity index is 340. The third kappa shape index (κ3) is 5.31. The van der Waals surface area contributed by atoms with Crippen LogP contribution in [-0.2, 0) is 0 Å². The lowest BCUT2D eigenvalue weighted by Crippen LogP contribution is -2.22. The summed E-state index contributed by atoms with van der Waals surface area (Å²) in [6.45, 7) is 7.00. The maximum atomic E-state index is 5.51. The molecule has 1 heterocycles. The predicted octanol–water partition coefficient (Wildman–Crippen LogP) is 1.72. The zero-order chi connectivity index (χ0) is 13.4. The van der Waals surface area contributed by atoms with Crippen LogP contribution in [0.1, 0.15) is 26.7 Å². The molecule has 0 aliphatic carbocycles. The van der Waals surface area contributed by atoms with Crippen molar-refractivity contribution < 1.29 is 0 Å². The van der Waals surface area contributed by atoms with Crippen LogP contribution in [0.2, 0.25) is 0 Å².